The fourth-order valence-corrected chi connectivity index (χ4v) is 2.11. The largest absolute Gasteiger partial charge is 0.439 e. The summed E-state index contributed by atoms with van der Waals surface area (Å²) in [6.45, 7) is 6.34. The van der Waals surface area contributed by atoms with Gasteiger partial charge in [-0.05, 0) is 39.5 Å². The molecular formula is C15H17BrN2O. The fourth-order valence-electron chi connectivity index (χ4n) is 1.71. The van der Waals surface area contributed by atoms with Crippen LogP contribution < -0.4 is 4.74 Å². The quantitative estimate of drug-likeness (QED) is 0.765. The van der Waals surface area contributed by atoms with E-state index in [1.54, 1.807) is 6.07 Å². The van der Waals surface area contributed by atoms with Gasteiger partial charge in [-0.2, -0.15) is 4.98 Å². The average Bonchev–Trinajstić information content (AvgIpc) is 2.38. The molecule has 1 aromatic carbocycles. The Balaban J connectivity index is 2.25. The van der Waals surface area contributed by atoms with Crippen molar-refractivity contribution in [1.82, 2.24) is 9.97 Å². The van der Waals surface area contributed by atoms with Crippen LogP contribution in [0.1, 0.15) is 38.1 Å². The van der Waals surface area contributed by atoms with Crippen molar-refractivity contribution in [3.8, 4) is 11.6 Å². The maximum Gasteiger partial charge on any atom is 0.223 e. The Morgan fingerprint density at radius 3 is 2.68 bits per heavy atom. The monoisotopic (exact) mass is 320 g/mol. The van der Waals surface area contributed by atoms with Crippen LogP contribution in [0.5, 0.6) is 11.6 Å². The fraction of sp³-hybridized carbons (Fsp3) is 0.333. The van der Waals surface area contributed by atoms with E-state index in [2.05, 4.69) is 45.8 Å². The number of halogens is 1. The van der Waals surface area contributed by atoms with Gasteiger partial charge in [-0.15, -0.1) is 0 Å². The highest BCUT2D eigenvalue weighted by Gasteiger charge is 2.06. The molecule has 0 spiro atoms. The van der Waals surface area contributed by atoms with Crippen LogP contribution in [0.2, 0.25) is 0 Å². The van der Waals surface area contributed by atoms with E-state index in [1.165, 1.54) is 5.56 Å². The zero-order chi connectivity index (χ0) is 13.8. The highest BCUT2D eigenvalue weighted by Crippen LogP contribution is 2.25. The Morgan fingerprint density at radius 2 is 2.00 bits per heavy atom. The van der Waals surface area contributed by atoms with Gasteiger partial charge in [-0.25, -0.2) is 4.98 Å². The van der Waals surface area contributed by atoms with Crippen LogP contribution in [0.25, 0.3) is 0 Å². The molecule has 2 aromatic rings. The second kappa shape index (κ2) is 6.15. The molecule has 0 saturated carbocycles. The van der Waals surface area contributed by atoms with E-state index >= 15 is 0 Å². The summed E-state index contributed by atoms with van der Waals surface area (Å²) in [5.41, 5.74) is 1.25. The number of benzene rings is 1. The summed E-state index contributed by atoms with van der Waals surface area (Å²) in [6.07, 6.45) is 0.780. The molecule has 0 N–H and O–H groups in total. The smallest absolute Gasteiger partial charge is 0.223 e. The van der Waals surface area contributed by atoms with Gasteiger partial charge in [0.05, 0.1) is 0 Å². The third kappa shape index (κ3) is 3.77. The number of hydrogen-bond acceptors (Lipinski definition) is 3. The minimum absolute atomic E-state index is 0.479. The Morgan fingerprint density at radius 1 is 1.21 bits per heavy atom. The second-order valence-corrected chi connectivity index (χ2v) is 5.44. The van der Waals surface area contributed by atoms with Gasteiger partial charge in [0, 0.05) is 12.5 Å². The second-order valence-electron chi connectivity index (χ2n) is 4.63. The molecule has 0 aliphatic rings. The molecule has 1 aromatic heterocycles. The van der Waals surface area contributed by atoms with Crippen LogP contribution >= 0.6 is 15.9 Å². The molecule has 19 heavy (non-hydrogen) atoms. The van der Waals surface area contributed by atoms with Crippen LogP contribution in [0, 0.1) is 0 Å². The normalized spacial score (nSPS) is 10.8. The summed E-state index contributed by atoms with van der Waals surface area (Å²) in [7, 11) is 0. The van der Waals surface area contributed by atoms with Gasteiger partial charge in [0.2, 0.25) is 5.88 Å². The molecule has 1 heterocycles. The number of aromatic nitrogens is 2. The van der Waals surface area contributed by atoms with E-state index in [0.717, 1.165) is 22.6 Å². The zero-order valence-electron chi connectivity index (χ0n) is 11.4. The van der Waals surface area contributed by atoms with Crippen molar-refractivity contribution in [3.63, 3.8) is 0 Å². The van der Waals surface area contributed by atoms with Gasteiger partial charge in [-0.1, -0.05) is 32.9 Å². The molecule has 100 valence electrons. The van der Waals surface area contributed by atoms with Gasteiger partial charge in [0.15, 0.2) is 0 Å². The molecule has 0 amide bonds. The van der Waals surface area contributed by atoms with Gasteiger partial charge in [0.1, 0.15) is 16.2 Å². The number of rotatable bonds is 4. The summed E-state index contributed by atoms with van der Waals surface area (Å²) >= 11 is 3.37. The number of hydrogen-bond donors (Lipinski definition) is 0. The summed E-state index contributed by atoms with van der Waals surface area (Å²) < 4.78 is 6.56. The minimum atomic E-state index is 0.479. The van der Waals surface area contributed by atoms with E-state index in [9.17, 15) is 0 Å². The number of nitrogens with zero attached hydrogens (tertiary/aromatic N) is 2. The van der Waals surface area contributed by atoms with E-state index in [4.69, 9.17) is 4.74 Å². The van der Waals surface area contributed by atoms with Crippen molar-refractivity contribution in [3.05, 3.63) is 46.3 Å². The molecule has 0 atom stereocenters. The van der Waals surface area contributed by atoms with E-state index in [1.807, 2.05) is 25.1 Å². The molecule has 0 saturated heterocycles. The van der Waals surface area contributed by atoms with E-state index < -0.39 is 0 Å². The first-order valence-corrected chi connectivity index (χ1v) is 7.19. The van der Waals surface area contributed by atoms with Crippen molar-refractivity contribution in [1.29, 1.82) is 0 Å². The first-order valence-electron chi connectivity index (χ1n) is 6.39. The van der Waals surface area contributed by atoms with Crippen molar-refractivity contribution < 1.29 is 4.74 Å². The van der Waals surface area contributed by atoms with Crippen molar-refractivity contribution in [2.24, 2.45) is 0 Å². The molecule has 0 aliphatic heterocycles. The number of ether oxygens (including phenoxy) is 1. The first-order chi connectivity index (χ1) is 9.08. The SMILES string of the molecule is CCc1nc(Br)cc(Oc2cccc(C(C)C)c2)n1. The van der Waals surface area contributed by atoms with Crippen LogP contribution in [-0.4, -0.2) is 9.97 Å². The highest BCUT2D eigenvalue weighted by atomic mass is 79.9. The highest BCUT2D eigenvalue weighted by molar-refractivity contribution is 9.10. The summed E-state index contributed by atoms with van der Waals surface area (Å²) in [5.74, 6) is 2.62. The maximum absolute atomic E-state index is 5.81. The van der Waals surface area contributed by atoms with Crippen LogP contribution in [0.4, 0.5) is 0 Å². The van der Waals surface area contributed by atoms with Crippen molar-refractivity contribution >= 4 is 15.9 Å². The third-order valence-corrected chi connectivity index (χ3v) is 3.19. The third-order valence-electron chi connectivity index (χ3n) is 2.78. The lowest BCUT2D eigenvalue weighted by Gasteiger charge is -2.09. The summed E-state index contributed by atoms with van der Waals surface area (Å²) in [5, 5.41) is 0. The van der Waals surface area contributed by atoms with Crippen molar-refractivity contribution in [2.45, 2.75) is 33.1 Å². The van der Waals surface area contributed by atoms with Gasteiger partial charge >= 0.3 is 0 Å². The molecule has 2 rings (SSSR count). The Hall–Kier alpha value is -1.42. The molecule has 0 fully saturated rings. The lowest BCUT2D eigenvalue weighted by molar-refractivity contribution is 0.457. The average molecular weight is 321 g/mol. The predicted octanol–water partition coefficient (Wildman–Crippen LogP) is 4.72. The minimum Gasteiger partial charge on any atom is -0.439 e. The topological polar surface area (TPSA) is 35.0 Å². The van der Waals surface area contributed by atoms with E-state index in [0.29, 0.717) is 11.8 Å². The maximum atomic E-state index is 5.81. The zero-order valence-corrected chi connectivity index (χ0v) is 12.9. The molecule has 0 bridgehead atoms. The van der Waals surface area contributed by atoms with Crippen molar-refractivity contribution in [2.75, 3.05) is 0 Å². The Kier molecular flexibility index (Phi) is 4.53. The molecule has 3 nitrogen and oxygen atoms in total. The molecule has 0 unspecified atom stereocenters. The van der Waals surface area contributed by atoms with Crippen LogP contribution in [-0.2, 0) is 6.42 Å². The molecule has 0 aliphatic carbocycles. The summed E-state index contributed by atoms with van der Waals surface area (Å²) in [6, 6.07) is 9.87. The van der Waals surface area contributed by atoms with Crippen LogP contribution in [0.15, 0.2) is 34.9 Å². The summed E-state index contributed by atoms with van der Waals surface area (Å²) in [4.78, 5) is 8.62. The molecule has 4 heteroatoms. The standard InChI is InChI=1S/C15H17BrN2O/c1-4-14-17-13(16)9-15(18-14)19-12-7-5-6-11(8-12)10(2)3/h5-10H,4H2,1-3H3. The molecular weight excluding hydrogens is 304 g/mol. The van der Waals surface area contributed by atoms with Gasteiger partial charge < -0.3 is 4.74 Å². The molecule has 0 radical (unpaired) electrons. The van der Waals surface area contributed by atoms with Gasteiger partial charge in [-0.3, -0.25) is 0 Å². The lowest BCUT2D eigenvalue weighted by Crippen LogP contribution is -1.97. The Bertz CT molecular complexity index is 570. The predicted molar refractivity (Wildman–Crippen MR) is 79.7 cm³/mol. The van der Waals surface area contributed by atoms with Crippen LogP contribution in [0.3, 0.4) is 0 Å². The van der Waals surface area contributed by atoms with E-state index in [-0.39, 0.29) is 0 Å². The number of aryl methyl sites for hydroxylation is 1. The Labute approximate surface area is 122 Å². The van der Waals surface area contributed by atoms with Gasteiger partial charge in [0.25, 0.3) is 0 Å². The first kappa shape index (κ1) is 14.0. The lowest BCUT2D eigenvalue weighted by atomic mass is 10.0.